The van der Waals surface area contributed by atoms with Gasteiger partial charge in [0.2, 0.25) is 5.95 Å². The molecule has 2 heterocycles. The number of hydrogen-bond donors (Lipinski definition) is 0. The second-order valence-electron chi connectivity index (χ2n) is 4.20. The largest absolute Gasteiger partial charge is 0.341 e. The van der Waals surface area contributed by atoms with Crippen molar-refractivity contribution in [1.82, 2.24) is 9.97 Å². The number of rotatable bonds is 2. The van der Waals surface area contributed by atoms with Crippen molar-refractivity contribution in [3.05, 3.63) is 18.2 Å². The number of nitrogens with zero attached hydrogens (tertiary/aromatic N) is 3. The van der Waals surface area contributed by atoms with Crippen LogP contribution in [0.1, 0.15) is 19.8 Å². The molecule has 16 heavy (non-hydrogen) atoms. The summed E-state index contributed by atoms with van der Waals surface area (Å²) >= 11 is 3.62. The van der Waals surface area contributed by atoms with E-state index in [9.17, 15) is 4.39 Å². The van der Waals surface area contributed by atoms with Crippen LogP contribution in [0, 0.1) is 11.7 Å². The SMILES string of the molecule is CC(Br)C1CCN(c2ncc(F)cn2)CC1. The lowest BCUT2D eigenvalue weighted by Gasteiger charge is -2.33. The van der Waals surface area contributed by atoms with E-state index in [2.05, 4.69) is 37.7 Å². The average Bonchev–Trinajstić information content (AvgIpc) is 2.30. The van der Waals surface area contributed by atoms with Crippen LogP contribution in [0.25, 0.3) is 0 Å². The second kappa shape index (κ2) is 5.08. The summed E-state index contributed by atoms with van der Waals surface area (Å²) in [5.74, 6) is 0.978. The fourth-order valence-electron chi connectivity index (χ4n) is 2.03. The van der Waals surface area contributed by atoms with E-state index in [1.54, 1.807) is 0 Å². The third-order valence-corrected chi connectivity index (χ3v) is 3.83. The fourth-order valence-corrected chi connectivity index (χ4v) is 2.56. The van der Waals surface area contributed by atoms with Gasteiger partial charge in [-0.15, -0.1) is 0 Å². The highest BCUT2D eigenvalue weighted by molar-refractivity contribution is 9.09. The molecule has 1 aliphatic rings. The van der Waals surface area contributed by atoms with Crippen molar-refractivity contribution in [1.29, 1.82) is 0 Å². The summed E-state index contributed by atoms with van der Waals surface area (Å²) < 4.78 is 12.7. The van der Waals surface area contributed by atoms with Crippen molar-refractivity contribution in [3.63, 3.8) is 0 Å². The first-order valence-corrected chi connectivity index (χ1v) is 6.45. The van der Waals surface area contributed by atoms with Gasteiger partial charge in [0.05, 0.1) is 12.4 Å². The van der Waals surface area contributed by atoms with E-state index in [4.69, 9.17) is 0 Å². The van der Waals surface area contributed by atoms with E-state index in [0.717, 1.165) is 31.8 Å². The van der Waals surface area contributed by atoms with Crippen molar-refractivity contribution in [3.8, 4) is 0 Å². The van der Waals surface area contributed by atoms with Gasteiger partial charge in [0.25, 0.3) is 0 Å². The van der Waals surface area contributed by atoms with Gasteiger partial charge in [-0.25, -0.2) is 14.4 Å². The maximum atomic E-state index is 12.7. The van der Waals surface area contributed by atoms with Gasteiger partial charge in [0.15, 0.2) is 5.82 Å². The van der Waals surface area contributed by atoms with Crippen LogP contribution >= 0.6 is 15.9 Å². The molecule has 0 bridgehead atoms. The van der Waals surface area contributed by atoms with E-state index in [1.165, 1.54) is 12.4 Å². The molecule has 1 fully saturated rings. The number of hydrogen-bond acceptors (Lipinski definition) is 3. The van der Waals surface area contributed by atoms with Crippen LogP contribution < -0.4 is 4.90 Å². The molecule has 0 saturated carbocycles. The summed E-state index contributed by atoms with van der Waals surface area (Å²) in [6.07, 6.45) is 4.71. The minimum atomic E-state index is -0.382. The third-order valence-electron chi connectivity index (χ3n) is 3.08. The van der Waals surface area contributed by atoms with Crippen LogP contribution in [0.2, 0.25) is 0 Å². The number of aromatic nitrogens is 2. The van der Waals surface area contributed by atoms with Crippen molar-refractivity contribution >= 4 is 21.9 Å². The quantitative estimate of drug-likeness (QED) is 0.783. The van der Waals surface area contributed by atoms with Crippen LogP contribution in [0.15, 0.2) is 12.4 Å². The number of piperidine rings is 1. The second-order valence-corrected chi connectivity index (χ2v) is 5.65. The molecule has 1 aliphatic heterocycles. The van der Waals surface area contributed by atoms with Gasteiger partial charge < -0.3 is 4.90 Å². The number of halogens is 2. The molecule has 0 N–H and O–H groups in total. The molecule has 1 aromatic rings. The molecule has 2 rings (SSSR count). The Hall–Kier alpha value is -0.710. The summed E-state index contributed by atoms with van der Waals surface area (Å²) in [6, 6.07) is 0. The number of alkyl halides is 1. The van der Waals surface area contributed by atoms with Crippen LogP contribution in [-0.4, -0.2) is 27.9 Å². The standard InChI is InChI=1S/C11H15BrFN3/c1-8(12)9-2-4-16(5-3-9)11-14-6-10(13)7-15-11/h6-9H,2-5H2,1H3. The highest BCUT2D eigenvalue weighted by Crippen LogP contribution is 2.26. The lowest BCUT2D eigenvalue weighted by molar-refractivity contribution is 0.403. The number of anilines is 1. The van der Waals surface area contributed by atoms with E-state index in [1.807, 2.05) is 0 Å². The topological polar surface area (TPSA) is 29.0 Å². The Balaban J connectivity index is 1.96. The van der Waals surface area contributed by atoms with Gasteiger partial charge in [-0.1, -0.05) is 22.9 Å². The van der Waals surface area contributed by atoms with Gasteiger partial charge in [0, 0.05) is 17.9 Å². The Morgan fingerprint density at radius 2 is 1.94 bits per heavy atom. The monoisotopic (exact) mass is 287 g/mol. The van der Waals surface area contributed by atoms with Gasteiger partial charge in [-0.05, 0) is 18.8 Å². The summed E-state index contributed by atoms with van der Waals surface area (Å²) in [6.45, 7) is 4.09. The maximum absolute atomic E-state index is 12.7. The molecule has 0 radical (unpaired) electrons. The molecule has 0 aromatic carbocycles. The molecule has 1 aromatic heterocycles. The van der Waals surface area contributed by atoms with Gasteiger partial charge in [-0.3, -0.25) is 0 Å². The molecule has 88 valence electrons. The Morgan fingerprint density at radius 1 is 1.38 bits per heavy atom. The van der Waals surface area contributed by atoms with Crippen molar-refractivity contribution in [2.45, 2.75) is 24.6 Å². The predicted molar refractivity (Wildman–Crippen MR) is 65.3 cm³/mol. The van der Waals surface area contributed by atoms with Crippen LogP contribution in [-0.2, 0) is 0 Å². The molecular weight excluding hydrogens is 273 g/mol. The first kappa shape index (κ1) is 11.8. The molecule has 5 heteroatoms. The molecule has 0 amide bonds. The highest BCUT2D eigenvalue weighted by atomic mass is 79.9. The fraction of sp³-hybridized carbons (Fsp3) is 0.636. The minimum absolute atomic E-state index is 0.382. The summed E-state index contributed by atoms with van der Waals surface area (Å²) in [7, 11) is 0. The summed E-state index contributed by atoms with van der Waals surface area (Å²) in [5, 5.41) is 0. The Kier molecular flexibility index (Phi) is 3.74. The first-order chi connectivity index (χ1) is 7.66. The zero-order chi connectivity index (χ0) is 11.5. The van der Waals surface area contributed by atoms with Gasteiger partial charge in [-0.2, -0.15) is 0 Å². The molecule has 3 nitrogen and oxygen atoms in total. The highest BCUT2D eigenvalue weighted by Gasteiger charge is 2.23. The van der Waals surface area contributed by atoms with E-state index in [-0.39, 0.29) is 5.82 Å². The predicted octanol–water partition coefficient (Wildman–Crippen LogP) is 2.62. The summed E-state index contributed by atoms with van der Waals surface area (Å²) in [4.78, 5) is 10.7. The first-order valence-electron chi connectivity index (χ1n) is 5.53. The molecular formula is C11H15BrFN3. The van der Waals surface area contributed by atoms with E-state index < -0.39 is 0 Å². The van der Waals surface area contributed by atoms with Crippen LogP contribution in [0.3, 0.4) is 0 Å². The maximum Gasteiger partial charge on any atom is 0.225 e. The van der Waals surface area contributed by atoms with Crippen molar-refractivity contribution in [2.75, 3.05) is 18.0 Å². The van der Waals surface area contributed by atoms with E-state index in [0.29, 0.717) is 10.8 Å². The molecule has 0 aliphatic carbocycles. The van der Waals surface area contributed by atoms with Crippen LogP contribution in [0.5, 0.6) is 0 Å². The zero-order valence-electron chi connectivity index (χ0n) is 9.24. The molecule has 1 saturated heterocycles. The van der Waals surface area contributed by atoms with Gasteiger partial charge in [0.1, 0.15) is 0 Å². The molecule has 1 atom stereocenters. The smallest absolute Gasteiger partial charge is 0.225 e. The summed E-state index contributed by atoms with van der Waals surface area (Å²) in [5.41, 5.74) is 0. The normalized spacial score (nSPS) is 19.8. The van der Waals surface area contributed by atoms with Crippen molar-refractivity contribution in [2.24, 2.45) is 5.92 Å². The Bertz CT molecular complexity index is 334. The van der Waals surface area contributed by atoms with E-state index >= 15 is 0 Å². The lowest BCUT2D eigenvalue weighted by atomic mass is 9.94. The van der Waals surface area contributed by atoms with Crippen LogP contribution in [0.4, 0.5) is 10.3 Å². The minimum Gasteiger partial charge on any atom is -0.341 e. The average molecular weight is 288 g/mol. The van der Waals surface area contributed by atoms with Crippen molar-refractivity contribution < 1.29 is 4.39 Å². The Morgan fingerprint density at radius 3 is 2.44 bits per heavy atom. The molecule has 1 unspecified atom stereocenters. The molecule has 0 spiro atoms. The third kappa shape index (κ3) is 2.70. The lowest BCUT2D eigenvalue weighted by Crippen LogP contribution is -2.36. The van der Waals surface area contributed by atoms with Gasteiger partial charge >= 0.3 is 0 Å². The zero-order valence-corrected chi connectivity index (χ0v) is 10.8. The Labute approximate surface area is 103 Å².